The summed E-state index contributed by atoms with van der Waals surface area (Å²) in [5, 5.41) is 3.45. The van der Waals surface area contributed by atoms with Crippen LogP contribution in [0.25, 0.3) is 0 Å². The number of carbonyl (C=O) groups excluding carboxylic acids is 1. The molecule has 1 aromatic carbocycles. The molecular formula is C13H18ClNO2. The van der Waals surface area contributed by atoms with Crippen LogP contribution in [0.4, 0.5) is 0 Å². The minimum Gasteiger partial charge on any atom is -0.496 e. The van der Waals surface area contributed by atoms with Crippen LogP contribution in [0.3, 0.4) is 0 Å². The van der Waals surface area contributed by atoms with Crippen molar-refractivity contribution < 1.29 is 9.53 Å². The molecule has 4 heteroatoms. The Labute approximate surface area is 107 Å². The molecular weight excluding hydrogens is 238 g/mol. The number of hydrogen-bond acceptors (Lipinski definition) is 2. The predicted molar refractivity (Wildman–Crippen MR) is 69.8 cm³/mol. The van der Waals surface area contributed by atoms with E-state index in [4.69, 9.17) is 16.3 Å². The summed E-state index contributed by atoms with van der Waals surface area (Å²) >= 11 is 5.88. The average Bonchev–Trinajstić information content (AvgIpc) is 2.29. The lowest BCUT2D eigenvalue weighted by molar-refractivity contribution is 0.0935. The number of nitrogens with one attached hydrogen (secondary N) is 1. The minimum atomic E-state index is -0.148. The lowest BCUT2D eigenvalue weighted by Crippen LogP contribution is -2.32. The number of rotatable bonds is 5. The minimum absolute atomic E-state index is 0.148. The molecule has 0 aliphatic carbocycles. The van der Waals surface area contributed by atoms with Crippen LogP contribution in [-0.2, 0) is 0 Å². The smallest absolute Gasteiger partial charge is 0.255 e. The first kappa shape index (κ1) is 13.8. The Bertz CT molecular complexity index is 393. The molecule has 3 nitrogen and oxygen atoms in total. The SMILES string of the molecule is CCC[C@H](C)NC(=O)c1cc(Cl)ccc1OC. The Hall–Kier alpha value is -1.22. The Morgan fingerprint density at radius 3 is 2.82 bits per heavy atom. The van der Waals surface area contributed by atoms with Gasteiger partial charge in [0, 0.05) is 11.1 Å². The highest BCUT2D eigenvalue weighted by Gasteiger charge is 2.14. The van der Waals surface area contributed by atoms with Gasteiger partial charge in [0.1, 0.15) is 5.75 Å². The fourth-order valence-electron chi connectivity index (χ4n) is 1.66. The largest absolute Gasteiger partial charge is 0.496 e. The van der Waals surface area contributed by atoms with E-state index in [1.807, 2.05) is 6.92 Å². The van der Waals surface area contributed by atoms with E-state index in [0.717, 1.165) is 12.8 Å². The van der Waals surface area contributed by atoms with Crippen LogP contribution >= 0.6 is 11.6 Å². The molecule has 1 N–H and O–H groups in total. The molecule has 1 aromatic rings. The van der Waals surface area contributed by atoms with E-state index in [1.165, 1.54) is 7.11 Å². The van der Waals surface area contributed by atoms with Crippen molar-refractivity contribution in [3.8, 4) is 5.75 Å². The predicted octanol–water partition coefficient (Wildman–Crippen LogP) is 3.27. The summed E-state index contributed by atoms with van der Waals surface area (Å²) in [5.41, 5.74) is 0.475. The Morgan fingerprint density at radius 2 is 2.24 bits per heavy atom. The van der Waals surface area contributed by atoms with Crippen molar-refractivity contribution in [1.29, 1.82) is 0 Å². The van der Waals surface area contributed by atoms with Crippen LogP contribution in [0.15, 0.2) is 18.2 Å². The highest BCUT2D eigenvalue weighted by Crippen LogP contribution is 2.22. The molecule has 0 saturated heterocycles. The van der Waals surface area contributed by atoms with E-state index in [0.29, 0.717) is 16.3 Å². The lowest BCUT2D eigenvalue weighted by atomic mass is 10.1. The summed E-state index contributed by atoms with van der Waals surface area (Å²) < 4.78 is 5.14. The number of benzene rings is 1. The topological polar surface area (TPSA) is 38.3 Å². The first-order chi connectivity index (χ1) is 8.08. The van der Waals surface area contributed by atoms with Gasteiger partial charge in [-0.15, -0.1) is 0 Å². The number of ether oxygens (including phenoxy) is 1. The molecule has 0 radical (unpaired) electrons. The second-order valence-electron chi connectivity index (χ2n) is 4.01. The van der Waals surface area contributed by atoms with Gasteiger partial charge in [-0.2, -0.15) is 0 Å². The Kier molecular flexibility index (Phi) is 5.29. The molecule has 0 aromatic heterocycles. The van der Waals surface area contributed by atoms with Crippen molar-refractivity contribution >= 4 is 17.5 Å². The monoisotopic (exact) mass is 255 g/mol. The molecule has 94 valence electrons. The molecule has 1 amide bonds. The van der Waals surface area contributed by atoms with E-state index in [1.54, 1.807) is 18.2 Å². The molecule has 1 atom stereocenters. The zero-order valence-corrected chi connectivity index (χ0v) is 11.2. The average molecular weight is 256 g/mol. The normalized spacial score (nSPS) is 12.0. The molecule has 0 heterocycles. The summed E-state index contributed by atoms with van der Waals surface area (Å²) in [5.74, 6) is 0.390. The van der Waals surface area contributed by atoms with Gasteiger partial charge < -0.3 is 10.1 Å². The molecule has 0 spiro atoms. The van der Waals surface area contributed by atoms with Gasteiger partial charge in [-0.05, 0) is 31.5 Å². The summed E-state index contributed by atoms with van der Waals surface area (Å²) in [4.78, 5) is 12.0. The van der Waals surface area contributed by atoms with Gasteiger partial charge in [0.25, 0.3) is 5.91 Å². The number of carbonyl (C=O) groups is 1. The Morgan fingerprint density at radius 1 is 1.53 bits per heavy atom. The number of hydrogen-bond donors (Lipinski definition) is 1. The summed E-state index contributed by atoms with van der Waals surface area (Å²) in [7, 11) is 1.54. The van der Waals surface area contributed by atoms with Crippen LogP contribution in [0.5, 0.6) is 5.75 Å². The zero-order chi connectivity index (χ0) is 12.8. The van der Waals surface area contributed by atoms with Crippen LogP contribution < -0.4 is 10.1 Å². The molecule has 1 rings (SSSR count). The standard InChI is InChI=1S/C13H18ClNO2/c1-4-5-9(2)15-13(16)11-8-10(14)6-7-12(11)17-3/h6-9H,4-5H2,1-3H3,(H,15,16)/t9-/m0/s1. The van der Waals surface area contributed by atoms with Gasteiger partial charge in [-0.3, -0.25) is 4.79 Å². The van der Waals surface area contributed by atoms with E-state index >= 15 is 0 Å². The van der Waals surface area contributed by atoms with Gasteiger partial charge >= 0.3 is 0 Å². The maximum absolute atomic E-state index is 12.0. The van der Waals surface area contributed by atoms with E-state index < -0.39 is 0 Å². The van der Waals surface area contributed by atoms with E-state index in [-0.39, 0.29) is 11.9 Å². The highest BCUT2D eigenvalue weighted by molar-refractivity contribution is 6.31. The van der Waals surface area contributed by atoms with Gasteiger partial charge in [0.2, 0.25) is 0 Å². The summed E-state index contributed by atoms with van der Waals surface area (Å²) in [6.45, 7) is 4.07. The third-order valence-electron chi connectivity index (χ3n) is 2.51. The van der Waals surface area contributed by atoms with Crippen molar-refractivity contribution in [2.45, 2.75) is 32.7 Å². The van der Waals surface area contributed by atoms with Crippen LogP contribution in [0.2, 0.25) is 5.02 Å². The molecule has 17 heavy (non-hydrogen) atoms. The second-order valence-corrected chi connectivity index (χ2v) is 4.44. The van der Waals surface area contributed by atoms with Crippen molar-refractivity contribution in [2.75, 3.05) is 7.11 Å². The maximum Gasteiger partial charge on any atom is 0.255 e. The third kappa shape index (κ3) is 3.93. The molecule has 0 saturated carbocycles. The van der Waals surface area contributed by atoms with Crippen LogP contribution in [0, 0.1) is 0 Å². The quantitative estimate of drug-likeness (QED) is 0.877. The van der Waals surface area contributed by atoms with E-state index in [2.05, 4.69) is 12.2 Å². The zero-order valence-electron chi connectivity index (χ0n) is 10.4. The summed E-state index contributed by atoms with van der Waals surface area (Å²) in [6, 6.07) is 5.17. The first-order valence-corrected chi connectivity index (χ1v) is 6.10. The number of amides is 1. The first-order valence-electron chi connectivity index (χ1n) is 5.72. The Balaban J connectivity index is 2.83. The second kappa shape index (κ2) is 6.50. The molecule has 0 unspecified atom stereocenters. The van der Waals surface area contributed by atoms with E-state index in [9.17, 15) is 4.79 Å². The highest BCUT2D eigenvalue weighted by atomic mass is 35.5. The van der Waals surface area contributed by atoms with Crippen LogP contribution in [0.1, 0.15) is 37.0 Å². The fraction of sp³-hybridized carbons (Fsp3) is 0.462. The molecule has 0 aliphatic rings. The van der Waals surface area contributed by atoms with Crippen molar-refractivity contribution in [1.82, 2.24) is 5.32 Å². The third-order valence-corrected chi connectivity index (χ3v) is 2.74. The lowest BCUT2D eigenvalue weighted by Gasteiger charge is -2.14. The van der Waals surface area contributed by atoms with Crippen molar-refractivity contribution in [2.24, 2.45) is 0 Å². The van der Waals surface area contributed by atoms with Crippen LogP contribution in [-0.4, -0.2) is 19.1 Å². The van der Waals surface area contributed by atoms with Crippen molar-refractivity contribution in [3.63, 3.8) is 0 Å². The van der Waals surface area contributed by atoms with Gasteiger partial charge in [0.05, 0.1) is 12.7 Å². The summed E-state index contributed by atoms with van der Waals surface area (Å²) in [6.07, 6.45) is 1.99. The molecule has 0 bridgehead atoms. The van der Waals surface area contributed by atoms with Crippen molar-refractivity contribution in [3.05, 3.63) is 28.8 Å². The van der Waals surface area contributed by atoms with Gasteiger partial charge in [-0.1, -0.05) is 24.9 Å². The fourth-order valence-corrected chi connectivity index (χ4v) is 1.84. The van der Waals surface area contributed by atoms with Gasteiger partial charge in [-0.25, -0.2) is 0 Å². The number of methoxy groups -OCH3 is 1. The molecule has 0 fully saturated rings. The maximum atomic E-state index is 12.0. The number of halogens is 1. The van der Waals surface area contributed by atoms with Gasteiger partial charge in [0.15, 0.2) is 0 Å². The molecule has 0 aliphatic heterocycles.